The molecular formula is C7H12N4O2. The number of hydrogen-bond acceptors (Lipinski definition) is 4. The number of aromatic nitrogens is 3. The Morgan fingerprint density at radius 1 is 1.54 bits per heavy atom. The van der Waals surface area contributed by atoms with E-state index in [1.165, 1.54) is 0 Å². The molecule has 6 nitrogen and oxygen atoms in total. The van der Waals surface area contributed by atoms with E-state index >= 15 is 0 Å². The third-order valence-corrected chi connectivity index (χ3v) is 1.81. The summed E-state index contributed by atoms with van der Waals surface area (Å²) in [5, 5.41) is 18.2. The third-order valence-electron chi connectivity index (χ3n) is 1.81. The number of carboxylic acid groups (broad SMARTS) is 1. The first-order valence-electron chi connectivity index (χ1n) is 3.93. The van der Waals surface area contributed by atoms with Gasteiger partial charge in [0.05, 0.1) is 6.04 Å². The van der Waals surface area contributed by atoms with E-state index in [-0.39, 0.29) is 11.6 Å². The van der Waals surface area contributed by atoms with Crippen LogP contribution in [-0.4, -0.2) is 26.5 Å². The van der Waals surface area contributed by atoms with Crippen molar-refractivity contribution in [2.45, 2.75) is 19.9 Å². The van der Waals surface area contributed by atoms with Crippen LogP contribution < -0.4 is 5.73 Å². The molecule has 0 bridgehead atoms. The number of H-pyrrole nitrogens is 1. The van der Waals surface area contributed by atoms with E-state index in [1.54, 1.807) is 0 Å². The van der Waals surface area contributed by atoms with Gasteiger partial charge in [-0.25, -0.2) is 4.79 Å². The third kappa shape index (κ3) is 1.83. The lowest BCUT2D eigenvalue weighted by molar-refractivity contribution is 0.0688. The van der Waals surface area contributed by atoms with Gasteiger partial charge in [-0.15, -0.1) is 5.10 Å². The largest absolute Gasteiger partial charge is 0.476 e. The van der Waals surface area contributed by atoms with Crippen molar-refractivity contribution in [2.75, 3.05) is 0 Å². The molecule has 4 N–H and O–H groups in total. The molecule has 1 rings (SSSR count). The van der Waals surface area contributed by atoms with Crippen LogP contribution in [0.1, 0.15) is 36.1 Å². The molecule has 0 aliphatic heterocycles. The van der Waals surface area contributed by atoms with Crippen molar-refractivity contribution in [2.24, 2.45) is 11.7 Å². The highest BCUT2D eigenvalue weighted by molar-refractivity contribution is 5.86. The van der Waals surface area contributed by atoms with Crippen LogP contribution in [0, 0.1) is 5.92 Å². The van der Waals surface area contributed by atoms with Crippen LogP contribution in [0.15, 0.2) is 0 Å². The van der Waals surface area contributed by atoms with Gasteiger partial charge in [-0.2, -0.15) is 10.3 Å². The number of nitrogens with zero attached hydrogens (tertiary/aromatic N) is 2. The predicted molar refractivity (Wildman–Crippen MR) is 45.1 cm³/mol. The van der Waals surface area contributed by atoms with E-state index in [0.717, 1.165) is 0 Å². The van der Waals surface area contributed by atoms with Crippen LogP contribution in [0.4, 0.5) is 0 Å². The van der Waals surface area contributed by atoms with Crippen molar-refractivity contribution in [3.05, 3.63) is 11.4 Å². The maximum atomic E-state index is 10.6. The molecular weight excluding hydrogens is 172 g/mol. The molecule has 0 spiro atoms. The Kier molecular flexibility index (Phi) is 2.62. The van der Waals surface area contributed by atoms with Gasteiger partial charge in [0.15, 0.2) is 5.69 Å². The van der Waals surface area contributed by atoms with Gasteiger partial charge in [0, 0.05) is 0 Å². The monoisotopic (exact) mass is 184 g/mol. The van der Waals surface area contributed by atoms with Crippen LogP contribution in [0.5, 0.6) is 0 Å². The summed E-state index contributed by atoms with van der Waals surface area (Å²) in [5.74, 6) is -0.983. The van der Waals surface area contributed by atoms with Gasteiger partial charge >= 0.3 is 5.97 Å². The first-order valence-corrected chi connectivity index (χ1v) is 3.93. The van der Waals surface area contributed by atoms with Crippen LogP contribution in [0.2, 0.25) is 0 Å². The SMILES string of the molecule is CC(C)C(N)c1n[nH]nc1C(=O)O. The highest BCUT2D eigenvalue weighted by Gasteiger charge is 2.22. The zero-order valence-corrected chi connectivity index (χ0v) is 7.48. The van der Waals surface area contributed by atoms with Gasteiger partial charge < -0.3 is 10.8 Å². The Hall–Kier alpha value is -1.43. The number of aromatic amines is 1. The Bertz CT molecular complexity index is 307. The molecule has 1 atom stereocenters. The molecule has 0 saturated heterocycles. The lowest BCUT2D eigenvalue weighted by atomic mass is 10.0. The van der Waals surface area contributed by atoms with Crippen molar-refractivity contribution in [3.63, 3.8) is 0 Å². The summed E-state index contributed by atoms with van der Waals surface area (Å²) in [7, 11) is 0. The minimum absolute atomic E-state index is 0.0961. The summed E-state index contributed by atoms with van der Waals surface area (Å²) < 4.78 is 0. The molecule has 72 valence electrons. The predicted octanol–water partition coefficient (Wildman–Crippen LogP) is 0.159. The summed E-state index contributed by atoms with van der Waals surface area (Å²) in [6, 6.07) is -0.398. The van der Waals surface area contributed by atoms with E-state index in [0.29, 0.717) is 5.69 Å². The molecule has 1 aromatic heterocycles. The average molecular weight is 184 g/mol. The molecule has 0 aliphatic carbocycles. The Morgan fingerprint density at radius 2 is 2.15 bits per heavy atom. The number of carbonyl (C=O) groups is 1. The summed E-state index contributed by atoms with van der Waals surface area (Å²) >= 11 is 0. The smallest absolute Gasteiger partial charge is 0.358 e. The van der Waals surface area contributed by atoms with Gasteiger partial charge in [-0.1, -0.05) is 13.8 Å². The Morgan fingerprint density at radius 3 is 2.62 bits per heavy atom. The summed E-state index contributed by atoms with van der Waals surface area (Å²) in [4.78, 5) is 10.6. The number of aromatic carboxylic acids is 1. The lowest BCUT2D eigenvalue weighted by Crippen LogP contribution is -2.20. The molecule has 0 radical (unpaired) electrons. The van der Waals surface area contributed by atoms with Crippen LogP contribution in [0.25, 0.3) is 0 Å². The lowest BCUT2D eigenvalue weighted by Gasteiger charge is -2.12. The fraction of sp³-hybridized carbons (Fsp3) is 0.571. The highest BCUT2D eigenvalue weighted by Crippen LogP contribution is 2.18. The molecule has 0 fully saturated rings. The minimum Gasteiger partial charge on any atom is -0.476 e. The summed E-state index contributed by atoms with van der Waals surface area (Å²) in [6.45, 7) is 3.79. The second-order valence-electron chi connectivity index (χ2n) is 3.13. The van der Waals surface area contributed by atoms with Gasteiger partial charge in [-0.3, -0.25) is 0 Å². The molecule has 13 heavy (non-hydrogen) atoms. The van der Waals surface area contributed by atoms with Gasteiger partial charge in [-0.05, 0) is 5.92 Å². The van der Waals surface area contributed by atoms with Crippen molar-refractivity contribution in [3.8, 4) is 0 Å². The van der Waals surface area contributed by atoms with Crippen LogP contribution >= 0.6 is 0 Å². The minimum atomic E-state index is -1.11. The fourth-order valence-corrected chi connectivity index (χ4v) is 0.945. The van der Waals surface area contributed by atoms with E-state index in [9.17, 15) is 4.79 Å². The first kappa shape index (κ1) is 9.66. The zero-order valence-electron chi connectivity index (χ0n) is 7.48. The first-order chi connectivity index (χ1) is 6.04. The summed E-state index contributed by atoms with van der Waals surface area (Å²) in [5.41, 5.74) is 5.95. The summed E-state index contributed by atoms with van der Waals surface area (Å²) in [6.07, 6.45) is 0. The zero-order chi connectivity index (χ0) is 10.0. The highest BCUT2D eigenvalue weighted by atomic mass is 16.4. The van der Waals surface area contributed by atoms with E-state index < -0.39 is 12.0 Å². The fourth-order valence-electron chi connectivity index (χ4n) is 0.945. The topological polar surface area (TPSA) is 105 Å². The molecule has 0 amide bonds. The van der Waals surface area contributed by atoms with Gasteiger partial charge in [0.25, 0.3) is 0 Å². The second-order valence-corrected chi connectivity index (χ2v) is 3.13. The quantitative estimate of drug-likeness (QED) is 0.620. The van der Waals surface area contributed by atoms with Crippen LogP contribution in [-0.2, 0) is 0 Å². The van der Waals surface area contributed by atoms with Crippen molar-refractivity contribution >= 4 is 5.97 Å². The van der Waals surface area contributed by atoms with Crippen LogP contribution in [0.3, 0.4) is 0 Å². The number of carboxylic acids is 1. The standard InChI is InChI=1S/C7H12N4O2/c1-3(2)4(8)5-6(7(12)13)10-11-9-5/h3-4H,8H2,1-2H3,(H,12,13)(H,9,10,11). The molecule has 6 heteroatoms. The molecule has 0 aliphatic rings. The van der Waals surface area contributed by atoms with E-state index in [2.05, 4.69) is 15.4 Å². The van der Waals surface area contributed by atoms with E-state index in [4.69, 9.17) is 10.8 Å². The number of hydrogen-bond donors (Lipinski definition) is 3. The number of nitrogens with two attached hydrogens (primary N) is 1. The normalized spacial score (nSPS) is 13.2. The Balaban J connectivity index is 3.00. The second kappa shape index (κ2) is 3.53. The Labute approximate surface area is 75.1 Å². The maximum absolute atomic E-state index is 10.6. The van der Waals surface area contributed by atoms with Gasteiger partial charge in [0.1, 0.15) is 5.69 Å². The molecule has 0 saturated carbocycles. The number of rotatable bonds is 3. The van der Waals surface area contributed by atoms with Crippen molar-refractivity contribution in [1.82, 2.24) is 15.4 Å². The van der Waals surface area contributed by atoms with Crippen molar-refractivity contribution < 1.29 is 9.90 Å². The van der Waals surface area contributed by atoms with E-state index in [1.807, 2.05) is 13.8 Å². The number of nitrogens with one attached hydrogen (secondary N) is 1. The molecule has 0 aromatic carbocycles. The molecule has 1 heterocycles. The maximum Gasteiger partial charge on any atom is 0.358 e. The molecule has 1 unspecified atom stereocenters. The van der Waals surface area contributed by atoms with Gasteiger partial charge in [0.2, 0.25) is 0 Å². The van der Waals surface area contributed by atoms with Crippen molar-refractivity contribution in [1.29, 1.82) is 0 Å². The molecule has 1 aromatic rings. The average Bonchev–Trinajstić information content (AvgIpc) is 2.50.